The number of hydrogen-bond donors (Lipinski definition) is 2. The number of halogens is 1. The average molecular weight is 370 g/mol. The summed E-state index contributed by atoms with van der Waals surface area (Å²) in [6.45, 7) is 2.27. The largest absolute Gasteiger partial charge is 0.467 e. The highest BCUT2D eigenvalue weighted by Gasteiger charge is 2.11. The Morgan fingerprint density at radius 2 is 1.88 bits per heavy atom. The first-order valence-electron chi connectivity index (χ1n) is 8.23. The van der Waals surface area contributed by atoms with E-state index in [-0.39, 0.29) is 6.01 Å². The van der Waals surface area contributed by atoms with E-state index in [1.807, 2.05) is 55.5 Å². The van der Waals surface area contributed by atoms with Gasteiger partial charge in [0.2, 0.25) is 0 Å². The van der Waals surface area contributed by atoms with Gasteiger partial charge in [-0.25, -0.2) is 0 Å². The van der Waals surface area contributed by atoms with Crippen molar-refractivity contribution in [3.8, 4) is 17.3 Å². The van der Waals surface area contributed by atoms with Gasteiger partial charge in [0.25, 0.3) is 0 Å². The number of anilines is 1. The van der Waals surface area contributed by atoms with Crippen LogP contribution in [0.3, 0.4) is 0 Å². The number of aromatic nitrogens is 2. The Hall–Kier alpha value is -2.63. The van der Waals surface area contributed by atoms with Crippen LogP contribution in [0.15, 0.2) is 54.6 Å². The molecular formula is C20H20ClN3O2. The van der Waals surface area contributed by atoms with Crippen LogP contribution < -0.4 is 10.1 Å². The highest BCUT2D eigenvalue weighted by molar-refractivity contribution is 6.31. The van der Waals surface area contributed by atoms with E-state index in [1.165, 1.54) is 7.11 Å². The molecule has 3 aromatic rings. The van der Waals surface area contributed by atoms with Crippen LogP contribution in [-0.2, 0) is 0 Å². The zero-order valence-electron chi connectivity index (χ0n) is 14.6. The Balaban J connectivity index is 1.82. The highest BCUT2D eigenvalue weighted by Crippen LogP contribution is 2.27. The van der Waals surface area contributed by atoms with E-state index in [0.29, 0.717) is 23.1 Å². The van der Waals surface area contributed by atoms with Crippen LogP contribution in [-0.4, -0.2) is 28.7 Å². The monoisotopic (exact) mass is 369 g/mol. The number of aryl methyl sites for hydroxylation is 1. The van der Waals surface area contributed by atoms with Crippen molar-refractivity contribution in [1.29, 1.82) is 0 Å². The molecule has 0 spiro atoms. The highest BCUT2D eigenvalue weighted by atomic mass is 35.5. The fraction of sp³-hybridized carbons (Fsp3) is 0.200. The zero-order chi connectivity index (χ0) is 18.5. The Bertz CT molecular complexity index is 887. The molecule has 0 aliphatic rings. The van der Waals surface area contributed by atoms with Crippen molar-refractivity contribution in [2.24, 2.45) is 0 Å². The van der Waals surface area contributed by atoms with Gasteiger partial charge in [0, 0.05) is 23.2 Å². The van der Waals surface area contributed by atoms with Crippen molar-refractivity contribution in [2.75, 3.05) is 19.0 Å². The summed E-state index contributed by atoms with van der Waals surface area (Å²) in [6, 6.07) is 17.3. The van der Waals surface area contributed by atoms with E-state index < -0.39 is 6.10 Å². The van der Waals surface area contributed by atoms with Crippen LogP contribution in [0.25, 0.3) is 11.3 Å². The van der Waals surface area contributed by atoms with Crippen molar-refractivity contribution in [3.63, 3.8) is 0 Å². The minimum absolute atomic E-state index is 0.246. The first-order chi connectivity index (χ1) is 12.6. The lowest BCUT2D eigenvalue weighted by molar-refractivity contribution is 0.191. The molecule has 2 N–H and O–H groups in total. The van der Waals surface area contributed by atoms with E-state index in [1.54, 1.807) is 6.07 Å². The molecule has 26 heavy (non-hydrogen) atoms. The number of aliphatic hydroxyl groups excluding tert-OH is 1. The summed E-state index contributed by atoms with van der Waals surface area (Å²) in [6.07, 6.45) is -0.644. The molecule has 1 aromatic heterocycles. The molecule has 6 heteroatoms. The summed E-state index contributed by atoms with van der Waals surface area (Å²) in [5, 5.41) is 14.1. The van der Waals surface area contributed by atoms with Crippen molar-refractivity contribution >= 4 is 17.4 Å². The van der Waals surface area contributed by atoms with Crippen LogP contribution in [0.2, 0.25) is 5.02 Å². The maximum Gasteiger partial charge on any atom is 0.318 e. The number of nitrogens with one attached hydrogen (secondary N) is 1. The number of rotatable bonds is 6. The number of hydrogen-bond acceptors (Lipinski definition) is 5. The summed E-state index contributed by atoms with van der Waals surface area (Å²) in [7, 11) is 1.52. The smallest absolute Gasteiger partial charge is 0.318 e. The Morgan fingerprint density at radius 1 is 1.12 bits per heavy atom. The molecule has 134 valence electrons. The van der Waals surface area contributed by atoms with Crippen molar-refractivity contribution < 1.29 is 9.84 Å². The third kappa shape index (κ3) is 4.31. The van der Waals surface area contributed by atoms with Gasteiger partial charge in [-0.05, 0) is 24.1 Å². The fourth-order valence-electron chi connectivity index (χ4n) is 2.50. The van der Waals surface area contributed by atoms with Gasteiger partial charge in [-0.2, -0.15) is 9.97 Å². The topological polar surface area (TPSA) is 67.3 Å². The normalized spacial score (nSPS) is 11.8. The molecule has 0 radical (unpaired) electrons. The van der Waals surface area contributed by atoms with Gasteiger partial charge in [-0.1, -0.05) is 54.1 Å². The molecule has 3 rings (SSSR count). The van der Waals surface area contributed by atoms with Gasteiger partial charge >= 0.3 is 6.01 Å². The second-order valence-corrected chi connectivity index (χ2v) is 6.30. The molecule has 2 aromatic carbocycles. The summed E-state index contributed by atoms with van der Waals surface area (Å²) in [5.74, 6) is 0.568. The third-order valence-corrected chi connectivity index (χ3v) is 4.42. The van der Waals surface area contributed by atoms with Crippen molar-refractivity contribution in [2.45, 2.75) is 13.0 Å². The van der Waals surface area contributed by atoms with Gasteiger partial charge < -0.3 is 15.2 Å². The molecule has 0 bridgehead atoms. The molecule has 1 unspecified atom stereocenters. The average Bonchev–Trinajstić information content (AvgIpc) is 2.68. The molecule has 0 amide bonds. The van der Waals surface area contributed by atoms with Gasteiger partial charge in [0.05, 0.1) is 18.9 Å². The van der Waals surface area contributed by atoms with Gasteiger partial charge in [-0.3, -0.25) is 0 Å². The molecule has 1 heterocycles. The maximum atomic E-state index is 10.3. The number of benzene rings is 2. The molecule has 0 fully saturated rings. The van der Waals surface area contributed by atoms with Crippen LogP contribution in [0.5, 0.6) is 6.01 Å². The van der Waals surface area contributed by atoms with Gasteiger partial charge in [-0.15, -0.1) is 0 Å². The van der Waals surface area contributed by atoms with Gasteiger partial charge in [0.15, 0.2) is 0 Å². The first kappa shape index (κ1) is 18.2. The minimum atomic E-state index is -0.644. The maximum absolute atomic E-state index is 10.3. The summed E-state index contributed by atoms with van der Waals surface area (Å²) in [5.41, 5.74) is 3.40. The fourth-order valence-corrected chi connectivity index (χ4v) is 2.68. The Morgan fingerprint density at radius 3 is 2.58 bits per heavy atom. The summed E-state index contributed by atoms with van der Waals surface area (Å²) in [4.78, 5) is 8.68. The molecular weight excluding hydrogens is 350 g/mol. The van der Waals surface area contributed by atoms with E-state index in [2.05, 4.69) is 15.3 Å². The first-order valence-corrected chi connectivity index (χ1v) is 8.61. The zero-order valence-corrected chi connectivity index (χ0v) is 15.4. The lowest BCUT2D eigenvalue weighted by atomic mass is 10.1. The van der Waals surface area contributed by atoms with E-state index in [4.69, 9.17) is 16.3 Å². The molecule has 0 saturated heterocycles. The minimum Gasteiger partial charge on any atom is -0.467 e. The molecule has 0 aliphatic heterocycles. The Labute approximate surface area is 157 Å². The van der Waals surface area contributed by atoms with Gasteiger partial charge in [0.1, 0.15) is 5.82 Å². The Kier molecular flexibility index (Phi) is 5.71. The molecule has 0 saturated carbocycles. The van der Waals surface area contributed by atoms with E-state index >= 15 is 0 Å². The number of methoxy groups -OCH3 is 1. The SMILES string of the molecule is COc1nc(NCC(O)c2ccccc2)cc(-c2ccc(C)c(Cl)c2)n1. The summed E-state index contributed by atoms with van der Waals surface area (Å²) < 4.78 is 5.20. The van der Waals surface area contributed by atoms with Crippen LogP contribution in [0.1, 0.15) is 17.2 Å². The number of nitrogens with zero attached hydrogens (tertiary/aromatic N) is 2. The quantitative estimate of drug-likeness (QED) is 0.679. The summed E-state index contributed by atoms with van der Waals surface area (Å²) >= 11 is 6.22. The molecule has 5 nitrogen and oxygen atoms in total. The van der Waals surface area contributed by atoms with Crippen molar-refractivity contribution in [1.82, 2.24) is 9.97 Å². The lowest BCUT2D eigenvalue weighted by Crippen LogP contribution is -2.13. The van der Waals surface area contributed by atoms with Crippen LogP contribution >= 0.6 is 11.6 Å². The molecule has 1 atom stereocenters. The standard InChI is InChI=1S/C20H20ClN3O2/c1-13-8-9-15(10-16(13)21)17-11-19(24-20(23-17)26-2)22-12-18(25)14-6-4-3-5-7-14/h3-11,18,25H,12H2,1-2H3,(H,22,23,24). The van der Waals surface area contributed by atoms with Crippen LogP contribution in [0, 0.1) is 6.92 Å². The second kappa shape index (κ2) is 8.17. The van der Waals surface area contributed by atoms with Crippen LogP contribution in [0.4, 0.5) is 5.82 Å². The lowest BCUT2D eigenvalue weighted by Gasteiger charge is -2.14. The predicted molar refractivity (Wildman–Crippen MR) is 104 cm³/mol. The van der Waals surface area contributed by atoms with Crippen molar-refractivity contribution in [3.05, 3.63) is 70.7 Å². The third-order valence-electron chi connectivity index (χ3n) is 4.02. The number of aliphatic hydroxyl groups is 1. The predicted octanol–water partition coefficient (Wildman–Crippen LogP) is 4.26. The number of ether oxygens (including phenoxy) is 1. The van der Waals surface area contributed by atoms with E-state index in [0.717, 1.165) is 16.7 Å². The van der Waals surface area contributed by atoms with E-state index in [9.17, 15) is 5.11 Å². The molecule has 0 aliphatic carbocycles. The second-order valence-electron chi connectivity index (χ2n) is 5.90.